The molecule has 5 nitrogen and oxygen atoms in total. The third kappa shape index (κ3) is 4.52. The van der Waals surface area contributed by atoms with Crippen LogP contribution in [0.5, 0.6) is 5.75 Å². The summed E-state index contributed by atoms with van der Waals surface area (Å²) in [5.74, 6) is 1.22. The summed E-state index contributed by atoms with van der Waals surface area (Å²) in [5.41, 5.74) is 5.32. The van der Waals surface area contributed by atoms with Gasteiger partial charge in [-0.2, -0.15) is 0 Å². The van der Waals surface area contributed by atoms with Crippen molar-refractivity contribution in [3.63, 3.8) is 0 Å². The summed E-state index contributed by atoms with van der Waals surface area (Å²) in [5, 5.41) is 9.53. The van der Waals surface area contributed by atoms with E-state index >= 15 is 0 Å². The molecule has 0 saturated carbocycles. The Bertz CT molecular complexity index is 1150. The number of aromatic nitrogens is 2. The molecule has 1 fully saturated rings. The molecular weight excluding hydrogens is 384 g/mol. The van der Waals surface area contributed by atoms with Crippen molar-refractivity contribution in [1.82, 2.24) is 14.9 Å². The monoisotopic (exact) mass is 410 g/mol. The average molecular weight is 411 g/mol. The first kappa shape index (κ1) is 19.5. The molecule has 31 heavy (non-hydrogen) atoms. The second kappa shape index (κ2) is 8.74. The second-order valence-electron chi connectivity index (χ2n) is 8.04. The highest BCUT2D eigenvalue weighted by atomic mass is 16.3. The van der Waals surface area contributed by atoms with Crippen molar-refractivity contribution in [2.24, 2.45) is 0 Å². The first-order chi connectivity index (χ1) is 15.2. The summed E-state index contributed by atoms with van der Waals surface area (Å²) in [6, 6.07) is 24.1. The minimum absolute atomic E-state index is 0.273. The molecule has 0 unspecified atom stereocenters. The van der Waals surface area contributed by atoms with Crippen LogP contribution in [-0.2, 0) is 6.42 Å². The summed E-state index contributed by atoms with van der Waals surface area (Å²) in [6.45, 7) is 5.11. The first-order valence-electron chi connectivity index (χ1n) is 10.8. The number of anilines is 1. The molecule has 3 aromatic carbocycles. The van der Waals surface area contributed by atoms with Crippen LogP contribution in [0.4, 0.5) is 5.82 Å². The van der Waals surface area contributed by atoms with Crippen molar-refractivity contribution < 1.29 is 5.11 Å². The largest absolute Gasteiger partial charge is 0.508 e. The Morgan fingerprint density at radius 2 is 1.52 bits per heavy atom. The van der Waals surface area contributed by atoms with Gasteiger partial charge in [-0.3, -0.25) is 9.88 Å². The summed E-state index contributed by atoms with van der Waals surface area (Å²) < 4.78 is 0. The molecule has 1 aromatic heterocycles. The fourth-order valence-corrected chi connectivity index (χ4v) is 4.12. The number of phenols is 1. The lowest BCUT2D eigenvalue weighted by Gasteiger charge is -2.35. The van der Waals surface area contributed by atoms with Gasteiger partial charge in [0.05, 0.1) is 17.2 Å². The van der Waals surface area contributed by atoms with Crippen LogP contribution in [0.2, 0.25) is 0 Å². The number of phenolic OH excluding ortho intramolecular Hbond substituents is 1. The molecule has 0 bridgehead atoms. The maximum Gasteiger partial charge on any atom is 0.147 e. The highest BCUT2D eigenvalue weighted by molar-refractivity contribution is 5.82. The zero-order valence-electron chi connectivity index (χ0n) is 17.5. The van der Waals surface area contributed by atoms with Gasteiger partial charge in [0.2, 0.25) is 0 Å². The molecule has 1 N–H and O–H groups in total. The number of nitrogens with zero attached hydrogens (tertiary/aromatic N) is 4. The van der Waals surface area contributed by atoms with E-state index in [1.54, 1.807) is 12.1 Å². The number of rotatable bonds is 5. The van der Waals surface area contributed by atoms with Crippen LogP contribution in [0.3, 0.4) is 0 Å². The Hall–Kier alpha value is -3.44. The zero-order valence-corrected chi connectivity index (χ0v) is 17.5. The lowest BCUT2D eigenvalue weighted by molar-refractivity contribution is 0.260. The molecule has 5 rings (SSSR count). The molecule has 0 spiro atoms. The van der Waals surface area contributed by atoms with Gasteiger partial charge in [-0.15, -0.1) is 0 Å². The number of benzene rings is 3. The smallest absolute Gasteiger partial charge is 0.147 e. The SMILES string of the molecule is Oc1ccc(-c2ccc3ncc(N4CCN(CCc5ccccc5)CC4)nc3c2)cc1. The molecule has 5 heteroatoms. The molecule has 156 valence electrons. The van der Waals surface area contributed by atoms with Gasteiger partial charge in [-0.25, -0.2) is 4.98 Å². The maximum atomic E-state index is 9.53. The van der Waals surface area contributed by atoms with Crippen LogP contribution in [0, 0.1) is 0 Å². The normalized spacial score (nSPS) is 14.8. The first-order valence-corrected chi connectivity index (χ1v) is 10.8. The molecule has 0 atom stereocenters. The van der Waals surface area contributed by atoms with E-state index in [-0.39, 0.29) is 5.75 Å². The van der Waals surface area contributed by atoms with Gasteiger partial charge in [-0.05, 0) is 47.4 Å². The predicted octanol–water partition coefficient (Wildman–Crippen LogP) is 4.37. The summed E-state index contributed by atoms with van der Waals surface area (Å²) >= 11 is 0. The third-order valence-corrected chi connectivity index (χ3v) is 5.99. The molecule has 4 aromatic rings. The Balaban J connectivity index is 1.26. The van der Waals surface area contributed by atoms with Gasteiger partial charge in [0.15, 0.2) is 0 Å². The van der Waals surface area contributed by atoms with Gasteiger partial charge in [0, 0.05) is 32.7 Å². The van der Waals surface area contributed by atoms with Crippen LogP contribution in [0.15, 0.2) is 79.0 Å². The van der Waals surface area contributed by atoms with E-state index in [4.69, 9.17) is 4.98 Å². The molecule has 1 aliphatic heterocycles. The van der Waals surface area contributed by atoms with Crippen molar-refractivity contribution in [3.05, 3.63) is 84.6 Å². The third-order valence-electron chi connectivity index (χ3n) is 5.99. The van der Waals surface area contributed by atoms with Crippen molar-refractivity contribution in [3.8, 4) is 16.9 Å². The van der Waals surface area contributed by atoms with Gasteiger partial charge in [-0.1, -0.05) is 48.5 Å². The van der Waals surface area contributed by atoms with Crippen LogP contribution in [0.25, 0.3) is 22.2 Å². The van der Waals surface area contributed by atoms with E-state index in [1.807, 2.05) is 24.4 Å². The lowest BCUT2D eigenvalue weighted by Crippen LogP contribution is -2.47. The Kier molecular flexibility index (Phi) is 5.50. The van der Waals surface area contributed by atoms with Crippen LogP contribution >= 0.6 is 0 Å². The van der Waals surface area contributed by atoms with Crippen molar-refractivity contribution in [2.45, 2.75) is 6.42 Å². The van der Waals surface area contributed by atoms with Crippen molar-refractivity contribution in [2.75, 3.05) is 37.6 Å². The highest BCUT2D eigenvalue weighted by Crippen LogP contribution is 2.26. The van der Waals surface area contributed by atoms with Crippen LogP contribution < -0.4 is 4.90 Å². The summed E-state index contributed by atoms with van der Waals surface area (Å²) in [4.78, 5) is 14.4. The van der Waals surface area contributed by atoms with Crippen molar-refractivity contribution in [1.29, 1.82) is 0 Å². The number of hydrogen-bond acceptors (Lipinski definition) is 5. The molecule has 1 saturated heterocycles. The summed E-state index contributed by atoms with van der Waals surface area (Å²) in [7, 11) is 0. The number of aromatic hydroxyl groups is 1. The number of piperazine rings is 1. The fourth-order valence-electron chi connectivity index (χ4n) is 4.12. The Morgan fingerprint density at radius 3 is 2.29 bits per heavy atom. The molecule has 1 aliphatic rings. The van der Waals surface area contributed by atoms with Gasteiger partial charge in [0.25, 0.3) is 0 Å². The predicted molar refractivity (Wildman–Crippen MR) is 125 cm³/mol. The van der Waals surface area contributed by atoms with E-state index in [1.165, 1.54) is 5.56 Å². The molecule has 0 aliphatic carbocycles. The second-order valence-corrected chi connectivity index (χ2v) is 8.04. The topological polar surface area (TPSA) is 52.5 Å². The molecule has 0 amide bonds. The maximum absolute atomic E-state index is 9.53. The minimum atomic E-state index is 0.273. The molecule has 2 heterocycles. The van der Waals surface area contributed by atoms with Gasteiger partial charge in [0.1, 0.15) is 11.6 Å². The average Bonchev–Trinajstić information content (AvgIpc) is 2.83. The minimum Gasteiger partial charge on any atom is -0.508 e. The zero-order chi connectivity index (χ0) is 21.0. The van der Waals surface area contributed by atoms with Crippen LogP contribution in [0.1, 0.15) is 5.56 Å². The molecule has 0 radical (unpaired) electrons. The number of fused-ring (bicyclic) bond motifs is 1. The van der Waals surface area contributed by atoms with Crippen LogP contribution in [-0.4, -0.2) is 52.7 Å². The quantitative estimate of drug-likeness (QED) is 0.530. The van der Waals surface area contributed by atoms with E-state index in [0.29, 0.717) is 0 Å². The lowest BCUT2D eigenvalue weighted by atomic mass is 10.0. The highest BCUT2D eigenvalue weighted by Gasteiger charge is 2.18. The Labute approximate surface area is 182 Å². The van der Waals surface area contributed by atoms with Crippen molar-refractivity contribution >= 4 is 16.9 Å². The molecular formula is C26H26N4O. The number of hydrogen-bond donors (Lipinski definition) is 1. The fraction of sp³-hybridized carbons (Fsp3) is 0.231. The van der Waals surface area contributed by atoms with Gasteiger partial charge >= 0.3 is 0 Å². The standard InChI is InChI=1S/C26H26N4O/c31-23-9-6-21(7-10-23)22-8-11-24-25(18-22)28-26(19-27-24)30-16-14-29(15-17-30)13-12-20-4-2-1-3-5-20/h1-11,18-19,31H,12-17H2. The van der Waals surface area contributed by atoms with Gasteiger partial charge < -0.3 is 10.0 Å². The summed E-state index contributed by atoms with van der Waals surface area (Å²) in [6.07, 6.45) is 2.98. The Morgan fingerprint density at radius 1 is 0.774 bits per heavy atom. The van der Waals surface area contributed by atoms with E-state index in [2.05, 4.69) is 57.2 Å². The van der Waals surface area contributed by atoms with E-state index in [0.717, 1.165) is 67.1 Å². The van der Waals surface area contributed by atoms with E-state index < -0.39 is 0 Å². The van der Waals surface area contributed by atoms with E-state index in [9.17, 15) is 5.11 Å².